The standard InChI is InChI=1S/C25H23N5O3/c1-15(2)30-14-17(10-11-20(30)32)22-21(16-7-4-3-5-8-16)28-25-23(27-22)24(33)18(13-26-25)29-12-6-9-19(29)31/h3-5,7-8,10-11,13-15H,6,9,12H2,1-2H3,(H,26,28,33). The summed E-state index contributed by atoms with van der Waals surface area (Å²) in [6, 6.07) is 12.7. The minimum Gasteiger partial charge on any atom is -0.343 e. The number of nitrogens with one attached hydrogen (secondary N) is 1. The SMILES string of the molecule is CC(C)n1cc(-c2nc3c(=O)c(N4CCCC4=O)c[nH]c3nc2-c2ccccc2)ccc1=O. The maximum atomic E-state index is 13.4. The molecule has 0 saturated carbocycles. The van der Waals surface area contributed by atoms with Gasteiger partial charge in [-0.05, 0) is 26.3 Å². The molecule has 1 aromatic carbocycles. The van der Waals surface area contributed by atoms with Crippen molar-refractivity contribution in [3.63, 3.8) is 0 Å². The Morgan fingerprint density at radius 2 is 1.70 bits per heavy atom. The second kappa shape index (κ2) is 8.12. The van der Waals surface area contributed by atoms with Gasteiger partial charge >= 0.3 is 0 Å². The summed E-state index contributed by atoms with van der Waals surface area (Å²) >= 11 is 0. The lowest BCUT2D eigenvalue weighted by atomic mass is 10.0. The molecule has 5 rings (SSSR count). The van der Waals surface area contributed by atoms with Crippen LogP contribution in [0.4, 0.5) is 5.69 Å². The maximum Gasteiger partial charge on any atom is 0.250 e. The Hall–Kier alpha value is -4.07. The van der Waals surface area contributed by atoms with E-state index in [0.717, 1.165) is 12.0 Å². The minimum absolute atomic E-state index is 0.0396. The van der Waals surface area contributed by atoms with E-state index in [1.807, 2.05) is 44.2 Å². The number of hydrogen-bond acceptors (Lipinski definition) is 5. The Kier molecular flexibility index (Phi) is 5.12. The van der Waals surface area contributed by atoms with Gasteiger partial charge in [0.25, 0.3) is 5.56 Å². The first-order valence-corrected chi connectivity index (χ1v) is 11.0. The van der Waals surface area contributed by atoms with E-state index in [1.165, 1.54) is 17.2 Å². The van der Waals surface area contributed by atoms with Gasteiger partial charge in [-0.2, -0.15) is 0 Å². The number of aromatic amines is 1. The molecule has 4 heterocycles. The molecule has 0 unspecified atom stereocenters. The molecule has 0 bridgehead atoms. The van der Waals surface area contributed by atoms with Crippen LogP contribution in [-0.2, 0) is 4.79 Å². The summed E-state index contributed by atoms with van der Waals surface area (Å²) in [6.45, 7) is 4.37. The molecule has 1 N–H and O–H groups in total. The highest BCUT2D eigenvalue weighted by Gasteiger charge is 2.26. The van der Waals surface area contributed by atoms with E-state index < -0.39 is 0 Å². The van der Waals surface area contributed by atoms with Crippen LogP contribution in [0.1, 0.15) is 32.7 Å². The number of carbonyl (C=O) groups is 1. The third-order valence-corrected chi connectivity index (χ3v) is 5.87. The average Bonchev–Trinajstić information content (AvgIpc) is 3.25. The zero-order valence-electron chi connectivity index (χ0n) is 18.4. The monoisotopic (exact) mass is 441 g/mol. The Labute approximate surface area is 189 Å². The summed E-state index contributed by atoms with van der Waals surface area (Å²) in [7, 11) is 0. The van der Waals surface area contributed by atoms with E-state index in [1.54, 1.807) is 16.8 Å². The second-order valence-corrected chi connectivity index (χ2v) is 8.39. The van der Waals surface area contributed by atoms with E-state index in [2.05, 4.69) is 4.98 Å². The van der Waals surface area contributed by atoms with Gasteiger partial charge in [0.2, 0.25) is 11.3 Å². The molecule has 166 valence electrons. The third kappa shape index (κ3) is 3.63. The van der Waals surface area contributed by atoms with Gasteiger partial charge < -0.3 is 14.5 Å². The van der Waals surface area contributed by atoms with Gasteiger partial charge in [-0.25, -0.2) is 9.97 Å². The Morgan fingerprint density at radius 3 is 2.39 bits per heavy atom. The van der Waals surface area contributed by atoms with Gasteiger partial charge in [0.05, 0.1) is 11.4 Å². The molecule has 1 aliphatic heterocycles. The van der Waals surface area contributed by atoms with Crippen LogP contribution in [0.5, 0.6) is 0 Å². The number of fused-ring (bicyclic) bond motifs is 1. The first-order chi connectivity index (χ1) is 15.9. The zero-order chi connectivity index (χ0) is 23.1. The van der Waals surface area contributed by atoms with Gasteiger partial charge in [0, 0.05) is 48.6 Å². The summed E-state index contributed by atoms with van der Waals surface area (Å²) in [5, 5.41) is 0. The van der Waals surface area contributed by atoms with Gasteiger partial charge in [0.15, 0.2) is 11.2 Å². The summed E-state index contributed by atoms with van der Waals surface area (Å²) < 4.78 is 1.62. The molecular formula is C25H23N5O3. The molecule has 1 fully saturated rings. The van der Waals surface area contributed by atoms with Crippen LogP contribution >= 0.6 is 0 Å². The normalized spacial score (nSPS) is 13.9. The molecule has 33 heavy (non-hydrogen) atoms. The molecular weight excluding hydrogens is 418 g/mol. The van der Waals surface area contributed by atoms with E-state index in [-0.39, 0.29) is 34.1 Å². The van der Waals surface area contributed by atoms with Gasteiger partial charge in [-0.3, -0.25) is 14.4 Å². The van der Waals surface area contributed by atoms with Crippen molar-refractivity contribution in [1.29, 1.82) is 0 Å². The van der Waals surface area contributed by atoms with Crippen molar-refractivity contribution in [3.8, 4) is 22.5 Å². The lowest BCUT2D eigenvalue weighted by molar-refractivity contribution is -0.117. The molecule has 0 radical (unpaired) electrons. The Morgan fingerprint density at radius 1 is 0.939 bits per heavy atom. The predicted octanol–water partition coefficient (Wildman–Crippen LogP) is 3.52. The number of rotatable bonds is 4. The highest BCUT2D eigenvalue weighted by atomic mass is 16.2. The molecule has 1 aliphatic rings. The molecule has 8 nitrogen and oxygen atoms in total. The van der Waals surface area contributed by atoms with Crippen LogP contribution in [-0.4, -0.2) is 32.0 Å². The first kappa shape index (κ1) is 20.8. The van der Waals surface area contributed by atoms with Gasteiger partial charge in [0.1, 0.15) is 5.69 Å². The fraction of sp³-hybridized carbons (Fsp3) is 0.240. The molecule has 4 aromatic rings. The van der Waals surface area contributed by atoms with Crippen LogP contribution in [0, 0.1) is 0 Å². The van der Waals surface area contributed by atoms with E-state index in [0.29, 0.717) is 35.6 Å². The van der Waals surface area contributed by atoms with E-state index >= 15 is 0 Å². The highest BCUT2D eigenvalue weighted by molar-refractivity contribution is 5.96. The highest BCUT2D eigenvalue weighted by Crippen LogP contribution is 2.30. The molecule has 1 saturated heterocycles. The summed E-state index contributed by atoms with van der Waals surface area (Å²) in [5.74, 6) is -0.0713. The number of anilines is 1. The van der Waals surface area contributed by atoms with E-state index in [4.69, 9.17) is 9.97 Å². The smallest absolute Gasteiger partial charge is 0.250 e. The number of amides is 1. The van der Waals surface area contributed by atoms with Crippen molar-refractivity contribution < 1.29 is 4.79 Å². The molecule has 8 heteroatoms. The van der Waals surface area contributed by atoms with Crippen LogP contribution in [0.15, 0.2) is 64.4 Å². The molecule has 0 aliphatic carbocycles. The van der Waals surface area contributed by atoms with E-state index in [9.17, 15) is 14.4 Å². The lowest BCUT2D eigenvalue weighted by Gasteiger charge is -2.16. The minimum atomic E-state index is -0.343. The predicted molar refractivity (Wildman–Crippen MR) is 127 cm³/mol. The third-order valence-electron chi connectivity index (χ3n) is 5.87. The number of pyridine rings is 2. The number of aromatic nitrogens is 4. The molecule has 0 atom stereocenters. The fourth-order valence-corrected chi connectivity index (χ4v) is 4.17. The van der Waals surface area contributed by atoms with Gasteiger partial charge in [-0.15, -0.1) is 0 Å². The van der Waals surface area contributed by atoms with Crippen molar-refractivity contribution in [1.82, 2.24) is 19.5 Å². The number of carbonyl (C=O) groups excluding carboxylic acids is 1. The van der Waals surface area contributed by atoms with Crippen LogP contribution in [0.3, 0.4) is 0 Å². The summed E-state index contributed by atoms with van der Waals surface area (Å²) in [6.07, 6.45) is 4.43. The van der Waals surface area contributed by atoms with Crippen molar-refractivity contribution in [2.45, 2.75) is 32.7 Å². The van der Waals surface area contributed by atoms with Crippen LogP contribution in [0.2, 0.25) is 0 Å². The number of hydrogen-bond donors (Lipinski definition) is 1. The average molecular weight is 441 g/mol. The van der Waals surface area contributed by atoms with Gasteiger partial charge in [-0.1, -0.05) is 30.3 Å². The Bertz CT molecular complexity index is 1490. The van der Waals surface area contributed by atoms with Crippen molar-refractivity contribution in [2.24, 2.45) is 0 Å². The second-order valence-electron chi connectivity index (χ2n) is 8.39. The summed E-state index contributed by atoms with van der Waals surface area (Å²) in [4.78, 5) is 52.0. The number of benzene rings is 1. The number of H-pyrrole nitrogens is 1. The first-order valence-electron chi connectivity index (χ1n) is 11.0. The largest absolute Gasteiger partial charge is 0.343 e. The molecule has 0 spiro atoms. The lowest BCUT2D eigenvalue weighted by Crippen LogP contribution is -2.29. The number of nitrogens with zero attached hydrogens (tertiary/aromatic N) is 4. The fourth-order valence-electron chi connectivity index (χ4n) is 4.17. The topological polar surface area (TPSA) is 101 Å². The van der Waals surface area contributed by atoms with Crippen molar-refractivity contribution in [2.75, 3.05) is 11.4 Å². The van der Waals surface area contributed by atoms with Crippen molar-refractivity contribution >= 4 is 22.8 Å². The quantitative estimate of drug-likeness (QED) is 0.522. The van der Waals surface area contributed by atoms with Crippen LogP contribution in [0.25, 0.3) is 33.7 Å². The molecule has 3 aromatic heterocycles. The molecule has 1 amide bonds. The Balaban J connectivity index is 1.79. The van der Waals surface area contributed by atoms with Crippen LogP contribution < -0.4 is 15.9 Å². The maximum absolute atomic E-state index is 13.4. The zero-order valence-corrected chi connectivity index (χ0v) is 18.4. The van der Waals surface area contributed by atoms with Crippen molar-refractivity contribution in [3.05, 3.63) is 75.4 Å². The summed E-state index contributed by atoms with van der Waals surface area (Å²) in [5.41, 5.74) is 2.93.